The van der Waals surface area contributed by atoms with Crippen molar-refractivity contribution in [1.82, 2.24) is 0 Å². The van der Waals surface area contributed by atoms with Gasteiger partial charge in [0.2, 0.25) is 0 Å². The summed E-state index contributed by atoms with van der Waals surface area (Å²) in [6.07, 6.45) is 0.00996. The standard InChI is InChI=1S/C24H27NO5S/c1-3-25(4-2)17-10-9-16-13-19(24(29)30-22(16)14-17)23(31-12-11-26)15-21(28)18-7-5-6-8-20(18)27/h5-10,13-14,23,26-27H,3-4,11-12,15H2,1-2H3. The van der Waals surface area contributed by atoms with Gasteiger partial charge < -0.3 is 19.5 Å². The number of aliphatic hydroxyl groups is 1. The minimum Gasteiger partial charge on any atom is -0.507 e. The number of ketones is 1. The smallest absolute Gasteiger partial charge is 0.340 e. The number of hydrogen-bond acceptors (Lipinski definition) is 7. The van der Waals surface area contributed by atoms with E-state index in [0.29, 0.717) is 16.9 Å². The Bertz CT molecular complexity index is 1110. The summed E-state index contributed by atoms with van der Waals surface area (Å²) in [5, 5.41) is 19.5. The van der Waals surface area contributed by atoms with Crippen LogP contribution < -0.4 is 10.5 Å². The third-order valence-electron chi connectivity index (χ3n) is 5.21. The SMILES string of the molecule is CCN(CC)c1ccc2cc(C(CC(=O)c3ccccc3O)SCCO)c(=O)oc2c1. The number of phenols is 1. The highest BCUT2D eigenvalue weighted by atomic mass is 32.2. The summed E-state index contributed by atoms with van der Waals surface area (Å²) in [5.41, 5.74) is 1.58. The van der Waals surface area contributed by atoms with Crippen LogP contribution in [-0.4, -0.2) is 41.4 Å². The second kappa shape index (κ2) is 10.5. The molecule has 0 aliphatic heterocycles. The molecule has 1 atom stereocenters. The summed E-state index contributed by atoms with van der Waals surface area (Å²) >= 11 is 1.32. The van der Waals surface area contributed by atoms with E-state index in [1.807, 2.05) is 18.2 Å². The Morgan fingerprint density at radius 3 is 2.55 bits per heavy atom. The fourth-order valence-electron chi connectivity index (χ4n) is 3.57. The molecule has 0 saturated heterocycles. The zero-order valence-corrected chi connectivity index (χ0v) is 18.5. The summed E-state index contributed by atoms with van der Waals surface area (Å²) in [6, 6.07) is 13.9. The third-order valence-corrected chi connectivity index (χ3v) is 6.45. The van der Waals surface area contributed by atoms with Crippen molar-refractivity contribution in [3.8, 4) is 5.75 Å². The molecule has 0 radical (unpaired) electrons. The molecule has 31 heavy (non-hydrogen) atoms. The second-order valence-electron chi connectivity index (χ2n) is 7.11. The molecule has 164 valence electrons. The van der Waals surface area contributed by atoms with Gasteiger partial charge in [-0.15, -0.1) is 0 Å². The van der Waals surface area contributed by atoms with Crippen molar-refractivity contribution in [3.05, 3.63) is 70.1 Å². The largest absolute Gasteiger partial charge is 0.507 e. The molecule has 0 amide bonds. The van der Waals surface area contributed by atoms with Crippen LogP contribution in [0.25, 0.3) is 11.0 Å². The number of Topliss-reactive ketones (excluding diaryl/α,β-unsaturated/α-hetero) is 1. The van der Waals surface area contributed by atoms with Gasteiger partial charge in [0.1, 0.15) is 11.3 Å². The van der Waals surface area contributed by atoms with Crippen LogP contribution >= 0.6 is 11.8 Å². The summed E-state index contributed by atoms with van der Waals surface area (Å²) in [5.74, 6) is 0.00897. The predicted octanol–water partition coefficient (Wildman–Crippen LogP) is 4.38. The topological polar surface area (TPSA) is 91.0 Å². The predicted molar refractivity (Wildman–Crippen MR) is 125 cm³/mol. The number of fused-ring (bicyclic) bond motifs is 1. The van der Waals surface area contributed by atoms with E-state index in [4.69, 9.17) is 4.42 Å². The van der Waals surface area contributed by atoms with Gasteiger partial charge in [-0.25, -0.2) is 4.79 Å². The first-order valence-electron chi connectivity index (χ1n) is 10.3. The Hall–Kier alpha value is -2.77. The van der Waals surface area contributed by atoms with Crippen molar-refractivity contribution in [2.24, 2.45) is 0 Å². The first kappa shape index (κ1) is 22.9. The molecule has 0 aliphatic rings. The first-order chi connectivity index (χ1) is 15.0. The van der Waals surface area contributed by atoms with Crippen LogP contribution in [0.2, 0.25) is 0 Å². The summed E-state index contributed by atoms with van der Waals surface area (Å²) in [7, 11) is 0. The van der Waals surface area contributed by atoms with E-state index < -0.39 is 10.9 Å². The molecule has 0 fully saturated rings. The van der Waals surface area contributed by atoms with Crippen molar-refractivity contribution in [2.75, 3.05) is 30.3 Å². The fraction of sp³-hybridized carbons (Fsp3) is 0.333. The van der Waals surface area contributed by atoms with E-state index in [2.05, 4.69) is 18.7 Å². The maximum Gasteiger partial charge on any atom is 0.340 e. The normalized spacial score (nSPS) is 12.1. The average Bonchev–Trinajstić information content (AvgIpc) is 2.77. The highest BCUT2D eigenvalue weighted by molar-refractivity contribution is 7.99. The Labute approximate surface area is 185 Å². The van der Waals surface area contributed by atoms with Crippen molar-refractivity contribution >= 4 is 34.2 Å². The van der Waals surface area contributed by atoms with Crippen molar-refractivity contribution in [2.45, 2.75) is 25.5 Å². The quantitative estimate of drug-likeness (QED) is 0.356. The van der Waals surface area contributed by atoms with Gasteiger partial charge in [-0.1, -0.05) is 12.1 Å². The van der Waals surface area contributed by atoms with Gasteiger partial charge >= 0.3 is 5.63 Å². The summed E-state index contributed by atoms with van der Waals surface area (Å²) in [4.78, 5) is 27.8. The number of nitrogens with zero attached hydrogens (tertiary/aromatic N) is 1. The van der Waals surface area contributed by atoms with Crippen molar-refractivity contribution in [1.29, 1.82) is 0 Å². The van der Waals surface area contributed by atoms with Gasteiger partial charge in [0.05, 0.1) is 17.7 Å². The third kappa shape index (κ3) is 5.29. The number of anilines is 1. The molecule has 3 rings (SSSR count). The second-order valence-corrected chi connectivity index (χ2v) is 8.42. The lowest BCUT2D eigenvalue weighted by atomic mass is 10.0. The number of benzene rings is 2. The maximum absolute atomic E-state index is 12.8. The van der Waals surface area contributed by atoms with Crippen LogP contribution in [0.15, 0.2) is 57.7 Å². The molecule has 1 heterocycles. The van der Waals surface area contributed by atoms with E-state index in [1.54, 1.807) is 24.3 Å². The Morgan fingerprint density at radius 1 is 1.13 bits per heavy atom. The van der Waals surface area contributed by atoms with E-state index >= 15 is 0 Å². The molecule has 7 heteroatoms. The van der Waals surface area contributed by atoms with Gasteiger partial charge in [-0.3, -0.25) is 4.79 Å². The van der Waals surface area contributed by atoms with Crippen LogP contribution in [0.3, 0.4) is 0 Å². The number of rotatable bonds is 10. The van der Waals surface area contributed by atoms with E-state index in [-0.39, 0.29) is 30.1 Å². The number of aliphatic hydroxyl groups excluding tert-OH is 1. The lowest BCUT2D eigenvalue weighted by molar-refractivity contribution is 0.0979. The highest BCUT2D eigenvalue weighted by Gasteiger charge is 2.23. The number of hydrogen-bond donors (Lipinski definition) is 2. The molecular formula is C24H27NO5S. The molecule has 0 aliphatic carbocycles. The van der Waals surface area contributed by atoms with Crippen LogP contribution in [0.4, 0.5) is 5.69 Å². The van der Waals surface area contributed by atoms with E-state index in [1.165, 1.54) is 17.8 Å². The summed E-state index contributed by atoms with van der Waals surface area (Å²) < 4.78 is 5.63. The molecule has 6 nitrogen and oxygen atoms in total. The fourth-order valence-corrected chi connectivity index (χ4v) is 4.57. The Balaban J connectivity index is 1.96. The maximum atomic E-state index is 12.8. The number of phenolic OH excluding ortho intramolecular Hbond substituents is 1. The number of carbonyl (C=O) groups excluding carboxylic acids is 1. The van der Waals surface area contributed by atoms with E-state index in [9.17, 15) is 19.8 Å². The van der Waals surface area contributed by atoms with E-state index in [0.717, 1.165) is 24.2 Å². The van der Waals surface area contributed by atoms with Gasteiger partial charge in [-0.2, -0.15) is 11.8 Å². The highest BCUT2D eigenvalue weighted by Crippen LogP contribution is 2.34. The van der Waals surface area contributed by atoms with Crippen LogP contribution in [0.1, 0.15) is 41.4 Å². The van der Waals surface area contributed by atoms with Gasteiger partial charge in [0.15, 0.2) is 5.78 Å². The van der Waals surface area contributed by atoms with Crippen LogP contribution in [-0.2, 0) is 0 Å². The Morgan fingerprint density at radius 2 is 1.87 bits per heavy atom. The zero-order chi connectivity index (χ0) is 22.4. The number of aromatic hydroxyl groups is 1. The lowest BCUT2D eigenvalue weighted by Gasteiger charge is -2.21. The molecule has 3 aromatic rings. The summed E-state index contributed by atoms with van der Waals surface area (Å²) in [6.45, 7) is 5.75. The molecule has 0 bridgehead atoms. The van der Waals surface area contributed by atoms with Gasteiger partial charge in [-0.05, 0) is 44.2 Å². The van der Waals surface area contributed by atoms with Crippen LogP contribution in [0.5, 0.6) is 5.75 Å². The van der Waals surface area contributed by atoms with Crippen molar-refractivity contribution in [3.63, 3.8) is 0 Å². The minimum atomic E-state index is -0.498. The average molecular weight is 442 g/mol. The number of thioether (sulfide) groups is 1. The Kier molecular flexibility index (Phi) is 7.76. The van der Waals surface area contributed by atoms with Gasteiger partial charge in [0.25, 0.3) is 0 Å². The van der Waals surface area contributed by atoms with Crippen LogP contribution in [0, 0.1) is 0 Å². The molecule has 1 aromatic heterocycles. The lowest BCUT2D eigenvalue weighted by Crippen LogP contribution is -2.21. The number of para-hydroxylation sites is 1. The molecule has 0 spiro atoms. The first-order valence-corrected chi connectivity index (χ1v) is 11.4. The molecular weight excluding hydrogens is 414 g/mol. The zero-order valence-electron chi connectivity index (χ0n) is 17.7. The monoisotopic (exact) mass is 441 g/mol. The van der Waals surface area contributed by atoms with Gasteiger partial charge in [0, 0.05) is 47.7 Å². The minimum absolute atomic E-state index is 0.00996. The molecule has 2 N–H and O–H groups in total. The molecule has 1 unspecified atom stereocenters. The molecule has 2 aromatic carbocycles. The molecule has 0 saturated carbocycles. The number of carbonyl (C=O) groups is 1. The van der Waals surface area contributed by atoms with Crippen molar-refractivity contribution < 1.29 is 19.4 Å².